The molecule has 27 heavy (non-hydrogen) atoms. The average molecular weight is 348 g/mol. The third kappa shape index (κ3) is 2.16. The molecule has 0 unspecified atom stereocenters. The fourth-order valence-corrected chi connectivity index (χ4v) is 5.97. The SMILES string of the molecule is C[C@@H]1C[C@@H]2CCc3ccc4ccccc4c3[C@@H]2c2c1ccc1ccccc21. The highest BCUT2D eigenvalue weighted by atomic mass is 14.4. The van der Waals surface area contributed by atoms with Crippen molar-refractivity contribution in [3.63, 3.8) is 0 Å². The normalized spacial score (nSPS) is 23.7. The van der Waals surface area contributed by atoms with Gasteiger partial charge in [0.2, 0.25) is 0 Å². The third-order valence-electron chi connectivity index (χ3n) is 7.13. The summed E-state index contributed by atoms with van der Waals surface area (Å²) in [6, 6.07) is 27.5. The Bertz CT molecular complexity index is 1180. The van der Waals surface area contributed by atoms with Gasteiger partial charge in [0.15, 0.2) is 0 Å². The van der Waals surface area contributed by atoms with Crippen LogP contribution in [-0.2, 0) is 6.42 Å². The van der Waals surface area contributed by atoms with Gasteiger partial charge in [0.25, 0.3) is 0 Å². The van der Waals surface area contributed by atoms with E-state index in [9.17, 15) is 0 Å². The van der Waals surface area contributed by atoms with Crippen molar-refractivity contribution < 1.29 is 0 Å². The molecule has 0 nitrogen and oxygen atoms in total. The third-order valence-corrected chi connectivity index (χ3v) is 7.13. The standard InChI is InChI=1S/C27H24/c1-17-16-21-13-12-20-11-10-18-6-2-4-8-23(18)25(20)26(21)27-22(17)15-14-19-7-3-5-9-24(19)27/h2-11,14-15,17,21,26H,12-13,16H2,1H3/t17-,21+,26-/m1/s1. The lowest BCUT2D eigenvalue weighted by Gasteiger charge is -2.42. The molecule has 3 atom stereocenters. The van der Waals surface area contributed by atoms with Gasteiger partial charge in [-0.25, -0.2) is 0 Å². The average Bonchev–Trinajstić information content (AvgIpc) is 2.73. The molecule has 0 N–H and O–H groups in total. The van der Waals surface area contributed by atoms with E-state index >= 15 is 0 Å². The zero-order valence-corrected chi connectivity index (χ0v) is 15.8. The van der Waals surface area contributed by atoms with E-state index in [1.807, 2.05) is 0 Å². The van der Waals surface area contributed by atoms with Gasteiger partial charge in [-0.2, -0.15) is 0 Å². The van der Waals surface area contributed by atoms with Gasteiger partial charge in [-0.1, -0.05) is 79.7 Å². The molecule has 4 aromatic rings. The van der Waals surface area contributed by atoms with Gasteiger partial charge in [0.1, 0.15) is 0 Å². The number of rotatable bonds is 0. The van der Waals surface area contributed by atoms with E-state index in [1.54, 1.807) is 22.3 Å². The minimum atomic E-state index is 0.539. The van der Waals surface area contributed by atoms with E-state index in [2.05, 4.69) is 79.7 Å². The molecular formula is C27H24. The second kappa shape index (κ2) is 5.70. The van der Waals surface area contributed by atoms with Crippen LogP contribution in [0.15, 0.2) is 72.8 Å². The highest BCUT2D eigenvalue weighted by molar-refractivity contribution is 5.92. The topological polar surface area (TPSA) is 0 Å². The van der Waals surface area contributed by atoms with Crippen LogP contribution in [0.1, 0.15) is 53.9 Å². The molecule has 0 radical (unpaired) electrons. The van der Waals surface area contributed by atoms with E-state index in [1.165, 1.54) is 40.8 Å². The molecule has 2 aliphatic rings. The highest BCUT2D eigenvalue weighted by Gasteiger charge is 2.39. The first-order chi connectivity index (χ1) is 13.3. The molecule has 0 heteroatoms. The Hall–Kier alpha value is -2.60. The Morgan fingerprint density at radius 2 is 1.37 bits per heavy atom. The highest BCUT2D eigenvalue weighted by Crippen LogP contribution is 2.54. The number of benzene rings is 4. The molecule has 0 aromatic heterocycles. The lowest BCUT2D eigenvalue weighted by atomic mass is 9.61. The van der Waals surface area contributed by atoms with Crippen molar-refractivity contribution in [3.05, 3.63) is 95.1 Å². The molecule has 0 bridgehead atoms. The van der Waals surface area contributed by atoms with Crippen molar-refractivity contribution in [3.8, 4) is 0 Å². The van der Waals surface area contributed by atoms with E-state index in [4.69, 9.17) is 0 Å². The lowest BCUT2D eigenvalue weighted by molar-refractivity contribution is 0.339. The molecule has 0 amide bonds. The summed E-state index contributed by atoms with van der Waals surface area (Å²) in [6.45, 7) is 2.43. The molecule has 0 aliphatic heterocycles. The number of aryl methyl sites for hydroxylation is 1. The molecule has 2 aliphatic carbocycles. The monoisotopic (exact) mass is 348 g/mol. The van der Waals surface area contributed by atoms with Gasteiger partial charge >= 0.3 is 0 Å². The van der Waals surface area contributed by atoms with Gasteiger partial charge < -0.3 is 0 Å². The van der Waals surface area contributed by atoms with Gasteiger partial charge in [-0.15, -0.1) is 0 Å². The van der Waals surface area contributed by atoms with Crippen LogP contribution in [0.5, 0.6) is 0 Å². The summed E-state index contributed by atoms with van der Waals surface area (Å²) in [5.74, 6) is 1.95. The fourth-order valence-electron chi connectivity index (χ4n) is 5.97. The first-order valence-electron chi connectivity index (χ1n) is 10.3. The van der Waals surface area contributed by atoms with Crippen LogP contribution < -0.4 is 0 Å². The Morgan fingerprint density at radius 1 is 0.704 bits per heavy atom. The van der Waals surface area contributed by atoms with Crippen LogP contribution in [0, 0.1) is 5.92 Å². The van der Waals surface area contributed by atoms with Crippen LogP contribution in [0.2, 0.25) is 0 Å². The van der Waals surface area contributed by atoms with E-state index in [0.717, 1.165) is 5.92 Å². The predicted octanol–water partition coefficient (Wildman–Crippen LogP) is 7.19. The minimum absolute atomic E-state index is 0.539. The maximum Gasteiger partial charge on any atom is 0.0136 e. The summed E-state index contributed by atoms with van der Waals surface area (Å²) in [7, 11) is 0. The lowest BCUT2D eigenvalue weighted by Crippen LogP contribution is -2.29. The molecule has 0 saturated carbocycles. The number of hydrogen-bond acceptors (Lipinski definition) is 0. The van der Waals surface area contributed by atoms with Crippen molar-refractivity contribution >= 4 is 21.5 Å². The molecule has 0 fully saturated rings. The first-order valence-corrected chi connectivity index (χ1v) is 10.3. The molecule has 132 valence electrons. The largest absolute Gasteiger partial charge is 0.0616 e. The van der Waals surface area contributed by atoms with Crippen molar-refractivity contribution in [2.24, 2.45) is 5.92 Å². The predicted molar refractivity (Wildman–Crippen MR) is 115 cm³/mol. The second-order valence-electron chi connectivity index (χ2n) is 8.56. The van der Waals surface area contributed by atoms with Crippen molar-refractivity contribution in [2.45, 2.75) is 38.0 Å². The van der Waals surface area contributed by atoms with Gasteiger partial charge in [-0.3, -0.25) is 0 Å². The Balaban J connectivity index is 1.73. The molecule has 4 aromatic carbocycles. The van der Waals surface area contributed by atoms with Crippen molar-refractivity contribution in [1.29, 1.82) is 0 Å². The number of fused-ring (bicyclic) bond motifs is 9. The van der Waals surface area contributed by atoms with Crippen LogP contribution in [0.4, 0.5) is 0 Å². The molecule has 6 rings (SSSR count). The molecular weight excluding hydrogens is 324 g/mol. The van der Waals surface area contributed by atoms with Crippen molar-refractivity contribution in [2.75, 3.05) is 0 Å². The maximum absolute atomic E-state index is 2.43. The summed E-state index contributed by atoms with van der Waals surface area (Å²) >= 11 is 0. The van der Waals surface area contributed by atoms with E-state index in [-0.39, 0.29) is 0 Å². The fraction of sp³-hybridized carbons (Fsp3) is 0.259. The summed E-state index contributed by atoms with van der Waals surface area (Å²) in [6.07, 6.45) is 3.87. The van der Waals surface area contributed by atoms with Crippen LogP contribution >= 0.6 is 0 Å². The molecule has 0 heterocycles. The summed E-state index contributed by atoms with van der Waals surface area (Å²) in [5.41, 5.74) is 6.39. The Kier molecular flexibility index (Phi) is 3.26. The van der Waals surface area contributed by atoms with Crippen LogP contribution in [0.3, 0.4) is 0 Å². The Labute approximate surface area is 160 Å². The van der Waals surface area contributed by atoms with Crippen molar-refractivity contribution in [1.82, 2.24) is 0 Å². The zero-order chi connectivity index (χ0) is 18.0. The second-order valence-corrected chi connectivity index (χ2v) is 8.56. The quantitative estimate of drug-likeness (QED) is 0.315. The number of hydrogen-bond donors (Lipinski definition) is 0. The molecule has 0 spiro atoms. The summed E-state index contributed by atoms with van der Waals surface area (Å²) < 4.78 is 0. The summed E-state index contributed by atoms with van der Waals surface area (Å²) in [5, 5.41) is 5.71. The minimum Gasteiger partial charge on any atom is -0.0616 e. The first kappa shape index (κ1) is 15.5. The van der Waals surface area contributed by atoms with Gasteiger partial charge in [0, 0.05) is 5.92 Å². The van der Waals surface area contributed by atoms with Gasteiger partial charge in [0.05, 0.1) is 0 Å². The Morgan fingerprint density at radius 3 is 2.15 bits per heavy atom. The molecule has 0 saturated heterocycles. The van der Waals surface area contributed by atoms with E-state index < -0.39 is 0 Å². The maximum atomic E-state index is 2.43. The van der Waals surface area contributed by atoms with Gasteiger partial charge in [-0.05, 0) is 74.9 Å². The van der Waals surface area contributed by atoms with E-state index in [0.29, 0.717) is 11.8 Å². The van der Waals surface area contributed by atoms with Crippen LogP contribution in [0.25, 0.3) is 21.5 Å². The smallest absolute Gasteiger partial charge is 0.0136 e. The van der Waals surface area contributed by atoms with Crippen LogP contribution in [-0.4, -0.2) is 0 Å². The zero-order valence-electron chi connectivity index (χ0n) is 15.8. The summed E-state index contributed by atoms with van der Waals surface area (Å²) in [4.78, 5) is 0.